The minimum atomic E-state index is -0.536. The van der Waals surface area contributed by atoms with Crippen molar-refractivity contribution in [1.29, 1.82) is 0 Å². The number of rotatable bonds is 0. The maximum Gasteiger partial charge on any atom is 0.129 e. The number of hydrogen-bond acceptors (Lipinski definition) is 1. The van der Waals surface area contributed by atoms with Crippen molar-refractivity contribution in [3.8, 4) is 0 Å². The maximum atomic E-state index is 13.5. The van der Waals surface area contributed by atoms with E-state index in [1.165, 1.54) is 6.07 Å². The van der Waals surface area contributed by atoms with Gasteiger partial charge in [-0.15, -0.1) is 0 Å². The van der Waals surface area contributed by atoms with Gasteiger partial charge in [-0.2, -0.15) is 0 Å². The lowest BCUT2D eigenvalue weighted by Crippen LogP contribution is -2.21. The van der Waals surface area contributed by atoms with Crippen LogP contribution in [0.25, 0.3) is 0 Å². The molecule has 2 atom stereocenters. The van der Waals surface area contributed by atoms with Gasteiger partial charge in [-0.1, -0.05) is 6.92 Å². The van der Waals surface area contributed by atoms with E-state index in [-0.39, 0.29) is 12.0 Å². The molecule has 0 spiro atoms. The zero-order valence-electron chi connectivity index (χ0n) is 8.06. The lowest BCUT2D eigenvalue weighted by atomic mass is 9.81. The number of benzene rings is 1. The van der Waals surface area contributed by atoms with Gasteiger partial charge in [0.25, 0.3) is 0 Å². The van der Waals surface area contributed by atoms with Crippen LogP contribution in [0.15, 0.2) is 12.1 Å². The molecule has 0 aliphatic heterocycles. The van der Waals surface area contributed by atoms with Gasteiger partial charge >= 0.3 is 0 Å². The van der Waals surface area contributed by atoms with E-state index in [9.17, 15) is 8.78 Å². The summed E-state index contributed by atoms with van der Waals surface area (Å²) in [4.78, 5) is 0. The van der Waals surface area contributed by atoms with E-state index in [0.29, 0.717) is 11.1 Å². The molecule has 76 valence electrons. The summed E-state index contributed by atoms with van der Waals surface area (Å²) in [6, 6.07) is 2.08. The smallest absolute Gasteiger partial charge is 0.129 e. The highest BCUT2D eigenvalue weighted by molar-refractivity contribution is 5.36. The third-order valence-electron chi connectivity index (χ3n) is 2.93. The highest BCUT2D eigenvalue weighted by Crippen LogP contribution is 2.37. The van der Waals surface area contributed by atoms with Crippen LogP contribution >= 0.6 is 0 Å². The van der Waals surface area contributed by atoms with Gasteiger partial charge in [0.1, 0.15) is 11.6 Å². The first-order chi connectivity index (χ1) is 6.59. The molecule has 2 unspecified atom stereocenters. The van der Waals surface area contributed by atoms with Crippen LogP contribution in [0.4, 0.5) is 8.78 Å². The molecule has 0 aromatic heterocycles. The molecule has 1 aromatic carbocycles. The van der Waals surface area contributed by atoms with E-state index in [1.54, 1.807) is 0 Å². The number of hydrogen-bond donors (Lipinski definition) is 1. The minimum Gasteiger partial charge on any atom is -0.324 e. The van der Waals surface area contributed by atoms with Gasteiger partial charge < -0.3 is 5.73 Å². The lowest BCUT2D eigenvalue weighted by molar-refractivity contribution is 0.473. The van der Waals surface area contributed by atoms with Crippen molar-refractivity contribution in [2.45, 2.75) is 31.7 Å². The highest BCUT2D eigenvalue weighted by Gasteiger charge is 2.25. The van der Waals surface area contributed by atoms with Gasteiger partial charge in [0.2, 0.25) is 0 Å². The van der Waals surface area contributed by atoms with Crippen molar-refractivity contribution < 1.29 is 8.78 Å². The largest absolute Gasteiger partial charge is 0.324 e. The van der Waals surface area contributed by atoms with Gasteiger partial charge in [0, 0.05) is 12.1 Å². The zero-order valence-corrected chi connectivity index (χ0v) is 8.06. The summed E-state index contributed by atoms with van der Waals surface area (Å²) in [5.41, 5.74) is 7.06. The summed E-state index contributed by atoms with van der Waals surface area (Å²) >= 11 is 0. The fourth-order valence-corrected chi connectivity index (χ4v) is 2.16. The average Bonchev–Trinajstić information content (AvgIpc) is 2.10. The molecule has 0 radical (unpaired) electrons. The van der Waals surface area contributed by atoms with Gasteiger partial charge in [-0.05, 0) is 36.0 Å². The predicted octanol–water partition coefficient (Wildman–Crippen LogP) is 2.86. The quantitative estimate of drug-likeness (QED) is 0.680. The molecule has 14 heavy (non-hydrogen) atoms. The summed E-state index contributed by atoms with van der Waals surface area (Å²) in [7, 11) is 0. The van der Waals surface area contributed by atoms with E-state index in [4.69, 9.17) is 5.73 Å². The molecule has 0 bridgehead atoms. The maximum absolute atomic E-state index is 13.5. The number of nitrogens with two attached hydrogens (primary N) is 1. The van der Waals surface area contributed by atoms with Gasteiger partial charge in [0.15, 0.2) is 0 Å². The van der Waals surface area contributed by atoms with Crippen molar-refractivity contribution in [2.75, 3.05) is 0 Å². The number of fused-ring (bicyclic) bond motifs is 1. The van der Waals surface area contributed by atoms with E-state index < -0.39 is 11.6 Å². The molecular weight excluding hydrogens is 184 g/mol. The molecular formula is C11H13F2N. The summed E-state index contributed by atoms with van der Waals surface area (Å²) in [5, 5.41) is 0. The molecule has 3 heteroatoms. The van der Waals surface area contributed by atoms with Crippen LogP contribution < -0.4 is 5.73 Å². The molecule has 1 aromatic rings. The molecule has 0 saturated heterocycles. The summed E-state index contributed by atoms with van der Waals surface area (Å²) in [5.74, 6) is -0.848. The van der Waals surface area contributed by atoms with Gasteiger partial charge in [-0.25, -0.2) is 8.78 Å². The second-order valence-electron chi connectivity index (χ2n) is 3.98. The van der Waals surface area contributed by atoms with Gasteiger partial charge in [-0.3, -0.25) is 0 Å². The average molecular weight is 197 g/mol. The van der Waals surface area contributed by atoms with Crippen LogP contribution in [0.1, 0.15) is 42.9 Å². The second kappa shape index (κ2) is 3.31. The van der Waals surface area contributed by atoms with E-state index in [0.717, 1.165) is 18.9 Å². The molecule has 1 nitrogen and oxygen atoms in total. The zero-order chi connectivity index (χ0) is 10.3. The van der Waals surface area contributed by atoms with Crippen molar-refractivity contribution in [3.63, 3.8) is 0 Å². The van der Waals surface area contributed by atoms with Crippen LogP contribution in [0.5, 0.6) is 0 Å². The third-order valence-corrected chi connectivity index (χ3v) is 2.93. The van der Waals surface area contributed by atoms with E-state index in [1.807, 2.05) is 6.92 Å². The standard InChI is InChI=1S/C11H13F2N/c1-6-2-3-10(14)8-4-7(12)5-9(13)11(6)8/h4-6,10H,2-3,14H2,1H3. The Morgan fingerprint density at radius 1 is 1.29 bits per heavy atom. The van der Waals surface area contributed by atoms with Crippen molar-refractivity contribution >= 4 is 0 Å². The fraction of sp³-hybridized carbons (Fsp3) is 0.455. The van der Waals surface area contributed by atoms with Crippen molar-refractivity contribution in [3.05, 3.63) is 34.9 Å². The molecule has 2 rings (SSSR count). The molecule has 0 amide bonds. The summed E-state index contributed by atoms with van der Waals surface area (Å²) < 4.78 is 26.4. The Morgan fingerprint density at radius 3 is 2.71 bits per heavy atom. The predicted molar refractivity (Wildman–Crippen MR) is 50.9 cm³/mol. The van der Waals surface area contributed by atoms with Crippen LogP contribution in [0.3, 0.4) is 0 Å². The first kappa shape index (κ1) is 9.59. The first-order valence-electron chi connectivity index (χ1n) is 4.84. The van der Waals surface area contributed by atoms with E-state index >= 15 is 0 Å². The van der Waals surface area contributed by atoms with Crippen LogP contribution in [0.2, 0.25) is 0 Å². The molecule has 2 N–H and O–H groups in total. The molecule has 0 heterocycles. The Bertz CT molecular complexity index is 363. The second-order valence-corrected chi connectivity index (χ2v) is 3.98. The normalized spacial score (nSPS) is 26.0. The Balaban J connectivity index is 2.60. The lowest BCUT2D eigenvalue weighted by Gasteiger charge is -2.27. The van der Waals surface area contributed by atoms with Crippen LogP contribution in [-0.4, -0.2) is 0 Å². The van der Waals surface area contributed by atoms with E-state index in [2.05, 4.69) is 0 Å². The SMILES string of the molecule is CC1CCC(N)c2cc(F)cc(F)c21. The van der Waals surface area contributed by atoms with Crippen LogP contribution in [0, 0.1) is 11.6 Å². The van der Waals surface area contributed by atoms with Gasteiger partial charge in [0.05, 0.1) is 0 Å². The summed E-state index contributed by atoms with van der Waals surface area (Å²) in [6.45, 7) is 1.95. The molecule has 0 saturated carbocycles. The van der Waals surface area contributed by atoms with Crippen molar-refractivity contribution in [2.24, 2.45) is 5.73 Å². The minimum absolute atomic E-state index is 0.144. The Labute approximate surface area is 81.9 Å². The molecule has 0 fully saturated rings. The Kier molecular flexibility index (Phi) is 2.27. The highest BCUT2D eigenvalue weighted by atomic mass is 19.1. The summed E-state index contributed by atoms with van der Waals surface area (Å²) in [6.07, 6.45) is 1.67. The number of halogens is 2. The first-order valence-corrected chi connectivity index (χ1v) is 4.84. The topological polar surface area (TPSA) is 26.0 Å². The molecule has 1 aliphatic carbocycles. The van der Waals surface area contributed by atoms with Crippen molar-refractivity contribution in [1.82, 2.24) is 0 Å². The Morgan fingerprint density at radius 2 is 2.00 bits per heavy atom. The fourth-order valence-electron chi connectivity index (χ4n) is 2.16. The molecule has 1 aliphatic rings. The Hall–Kier alpha value is -0.960. The third kappa shape index (κ3) is 1.42. The van der Waals surface area contributed by atoms with Crippen LogP contribution in [-0.2, 0) is 0 Å². The monoisotopic (exact) mass is 197 g/mol.